The highest BCUT2D eigenvalue weighted by Crippen LogP contribution is 2.30. The lowest BCUT2D eigenvalue weighted by molar-refractivity contribution is -0.137. The molecule has 1 heterocycles. The summed E-state index contributed by atoms with van der Waals surface area (Å²) in [6, 6.07) is 11.3. The quantitative estimate of drug-likeness (QED) is 0.505. The van der Waals surface area contributed by atoms with Gasteiger partial charge in [0.05, 0.1) is 11.3 Å². The van der Waals surface area contributed by atoms with E-state index in [0.717, 1.165) is 29.5 Å². The lowest BCUT2D eigenvalue weighted by atomic mass is 10.2. The highest BCUT2D eigenvalue weighted by atomic mass is 32.2. The fourth-order valence-corrected chi connectivity index (χ4v) is 3.05. The molecule has 7 nitrogen and oxygen atoms in total. The number of aromatic amines is 1. The van der Waals surface area contributed by atoms with Crippen molar-refractivity contribution in [1.29, 1.82) is 0 Å². The van der Waals surface area contributed by atoms with Crippen molar-refractivity contribution in [3.8, 4) is 11.4 Å². The van der Waals surface area contributed by atoms with Crippen molar-refractivity contribution in [2.75, 3.05) is 16.4 Å². The minimum Gasteiger partial charge on any atom is -0.326 e. The molecule has 0 saturated heterocycles. The van der Waals surface area contributed by atoms with Crippen LogP contribution in [0.15, 0.2) is 53.7 Å². The molecular formula is C19H16F3N5O2S. The summed E-state index contributed by atoms with van der Waals surface area (Å²) >= 11 is 1.04. The number of nitrogens with zero attached hydrogens (tertiary/aromatic N) is 2. The fraction of sp³-hybridized carbons (Fsp3) is 0.158. The minimum absolute atomic E-state index is 0.0605. The molecule has 1 aromatic heterocycles. The second kappa shape index (κ2) is 8.99. The Morgan fingerprint density at radius 3 is 2.47 bits per heavy atom. The van der Waals surface area contributed by atoms with E-state index in [1.54, 1.807) is 24.3 Å². The Hall–Kier alpha value is -3.34. The van der Waals surface area contributed by atoms with Gasteiger partial charge in [-0.05, 0) is 42.5 Å². The first-order valence-electron chi connectivity index (χ1n) is 8.61. The van der Waals surface area contributed by atoms with E-state index >= 15 is 0 Å². The summed E-state index contributed by atoms with van der Waals surface area (Å²) in [4.78, 5) is 27.4. The van der Waals surface area contributed by atoms with Crippen LogP contribution in [0, 0.1) is 0 Å². The predicted molar refractivity (Wildman–Crippen MR) is 107 cm³/mol. The van der Waals surface area contributed by atoms with Crippen LogP contribution < -0.4 is 10.6 Å². The van der Waals surface area contributed by atoms with Gasteiger partial charge in [0.25, 0.3) is 0 Å². The number of amides is 2. The number of aromatic nitrogens is 3. The van der Waals surface area contributed by atoms with Crippen LogP contribution in [0.4, 0.5) is 24.5 Å². The number of halogens is 3. The molecule has 0 fully saturated rings. The van der Waals surface area contributed by atoms with Gasteiger partial charge < -0.3 is 10.6 Å². The molecule has 3 aromatic rings. The lowest BCUT2D eigenvalue weighted by Gasteiger charge is -2.09. The molecule has 11 heteroatoms. The molecule has 3 N–H and O–H groups in total. The smallest absolute Gasteiger partial charge is 0.326 e. The number of thioether (sulfide) groups is 1. The zero-order chi connectivity index (χ0) is 21.7. The zero-order valence-electron chi connectivity index (χ0n) is 15.6. The van der Waals surface area contributed by atoms with E-state index in [1.165, 1.54) is 19.1 Å². The number of nitrogens with one attached hydrogen (secondary N) is 3. The van der Waals surface area contributed by atoms with Crippen molar-refractivity contribution < 1.29 is 22.8 Å². The van der Waals surface area contributed by atoms with Crippen molar-refractivity contribution in [3.05, 3.63) is 54.1 Å². The van der Waals surface area contributed by atoms with E-state index in [0.29, 0.717) is 16.7 Å². The standard InChI is InChI=1S/C19H16F3N5O2S/c1-11(28)23-14-7-5-12(6-8-14)17-25-18(27-26-17)30-10-16(29)24-15-4-2-3-13(9-15)19(20,21)22/h2-9H,10H2,1H3,(H,23,28)(H,24,29)(H,25,26,27). The van der Waals surface area contributed by atoms with Crippen LogP contribution in [0.5, 0.6) is 0 Å². The van der Waals surface area contributed by atoms with Crippen LogP contribution in [0.3, 0.4) is 0 Å². The molecule has 0 aliphatic heterocycles. The van der Waals surface area contributed by atoms with Crippen LogP contribution in [0.1, 0.15) is 12.5 Å². The molecule has 2 amide bonds. The molecule has 0 aliphatic carbocycles. The number of hydrogen-bond acceptors (Lipinski definition) is 5. The number of alkyl halides is 3. The first kappa shape index (κ1) is 21.4. The topological polar surface area (TPSA) is 99.8 Å². The molecule has 0 saturated carbocycles. The molecular weight excluding hydrogens is 419 g/mol. The first-order valence-corrected chi connectivity index (χ1v) is 9.59. The second-order valence-corrected chi connectivity index (χ2v) is 7.08. The van der Waals surface area contributed by atoms with Gasteiger partial charge in [-0.3, -0.25) is 14.7 Å². The van der Waals surface area contributed by atoms with E-state index in [9.17, 15) is 22.8 Å². The monoisotopic (exact) mass is 435 g/mol. The number of carbonyl (C=O) groups excluding carboxylic acids is 2. The van der Waals surface area contributed by atoms with Gasteiger partial charge in [0.1, 0.15) is 0 Å². The van der Waals surface area contributed by atoms with Gasteiger partial charge in [0.15, 0.2) is 5.82 Å². The summed E-state index contributed by atoms with van der Waals surface area (Å²) in [7, 11) is 0. The van der Waals surface area contributed by atoms with E-state index < -0.39 is 17.6 Å². The van der Waals surface area contributed by atoms with Gasteiger partial charge in [-0.1, -0.05) is 17.8 Å². The molecule has 0 unspecified atom stereocenters. The Morgan fingerprint density at radius 2 is 1.80 bits per heavy atom. The number of H-pyrrole nitrogens is 1. The number of hydrogen-bond donors (Lipinski definition) is 3. The number of rotatable bonds is 6. The minimum atomic E-state index is -4.48. The lowest BCUT2D eigenvalue weighted by Crippen LogP contribution is -2.15. The maximum absolute atomic E-state index is 12.7. The molecule has 0 radical (unpaired) electrons. The molecule has 2 aromatic carbocycles. The third-order valence-corrected chi connectivity index (χ3v) is 4.60. The number of anilines is 2. The highest BCUT2D eigenvalue weighted by Gasteiger charge is 2.30. The third kappa shape index (κ3) is 5.83. The summed E-state index contributed by atoms with van der Waals surface area (Å²) in [5.74, 6) is -0.255. The van der Waals surface area contributed by atoms with Crippen LogP contribution in [0.2, 0.25) is 0 Å². The maximum atomic E-state index is 12.7. The fourth-order valence-electron chi connectivity index (χ4n) is 2.46. The molecule has 3 rings (SSSR count). The van der Waals surface area contributed by atoms with Gasteiger partial charge in [0, 0.05) is 23.9 Å². The summed E-state index contributed by atoms with van der Waals surface area (Å²) < 4.78 is 38.2. The van der Waals surface area contributed by atoms with Gasteiger partial charge in [-0.25, -0.2) is 4.98 Å². The average Bonchev–Trinajstić information content (AvgIpc) is 3.15. The van der Waals surface area contributed by atoms with Crippen LogP contribution in [-0.4, -0.2) is 32.7 Å². The summed E-state index contributed by atoms with van der Waals surface area (Å²) in [6.45, 7) is 1.41. The largest absolute Gasteiger partial charge is 0.416 e. The van der Waals surface area contributed by atoms with Gasteiger partial charge >= 0.3 is 6.18 Å². The molecule has 0 bridgehead atoms. The predicted octanol–water partition coefficient (Wildman–Crippen LogP) is 4.18. The Bertz CT molecular complexity index is 1050. The van der Waals surface area contributed by atoms with Crippen molar-refractivity contribution in [3.63, 3.8) is 0 Å². The van der Waals surface area contributed by atoms with Crippen LogP contribution in [0.25, 0.3) is 11.4 Å². The normalized spacial score (nSPS) is 11.2. The van der Waals surface area contributed by atoms with E-state index in [2.05, 4.69) is 25.8 Å². The Kier molecular flexibility index (Phi) is 6.40. The van der Waals surface area contributed by atoms with Crippen molar-refractivity contribution in [2.45, 2.75) is 18.3 Å². The van der Waals surface area contributed by atoms with E-state index in [-0.39, 0.29) is 17.3 Å². The molecule has 0 atom stereocenters. The maximum Gasteiger partial charge on any atom is 0.416 e. The Balaban J connectivity index is 1.56. The van der Waals surface area contributed by atoms with Gasteiger partial charge in [-0.15, -0.1) is 5.10 Å². The Morgan fingerprint density at radius 1 is 1.07 bits per heavy atom. The molecule has 0 spiro atoms. The number of benzene rings is 2. The summed E-state index contributed by atoms with van der Waals surface area (Å²) in [6.07, 6.45) is -4.48. The zero-order valence-corrected chi connectivity index (χ0v) is 16.4. The van der Waals surface area contributed by atoms with E-state index in [1.807, 2.05) is 0 Å². The third-order valence-electron chi connectivity index (χ3n) is 3.75. The van der Waals surface area contributed by atoms with E-state index in [4.69, 9.17) is 0 Å². The van der Waals surface area contributed by atoms with Gasteiger partial charge in [-0.2, -0.15) is 13.2 Å². The highest BCUT2D eigenvalue weighted by molar-refractivity contribution is 7.99. The van der Waals surface area contributed by atoms with Crippen molar-refractivity contribution >= 4 is 35.0 Å². The van der Waals surface area contributed by atoms with Crippen molar-refractivity contribution in [2.24, 2.45) is 0 Å². The number of carbonyl (C=O) groups is 2. The SMILES string of the molecule is CC(=O)Nc1ccc(-c2nc(SCC(=O)Nc3cccc(C(F)(F)F)c3)n[nH]2)cc1. The van der Waals surface area contributed by atoms with Crippen molar-refractivity contribution in [1.82, 2.24) is 15.2 Å². The molecule has 30 heavy (non-hydrogen) atoms. The average molecular weight is 435 g/mol. The Labute approximate surface area is 173 Å². The first-order chi connectivity index (χ1) is 14.2. The van der Waals surface area contributed by atoms with Crippen LogP contribution in [-0.2, 0) is 15.8 Å². The summed E-state index contributed by atoms with van der Waals surface area (Å²) in [5.41, 5.74) is 0.602. The van der Waals surface area contributed by atoms with Gasteiger partial charge in [0.2, 0.25) is 17.0 Å². The summed E-state index contributed by atoms with van der Waals surface area (Å²) in [5, 5.41) is 12.2. The molecule has 156 valence electrons. The second-order valence-electron chi connectivity index (χ2n) is 6.14. The van der Waals surface area contributed by atoms with Crippen LogP contribution >= 0.6 is 11.8 Å². The molecule has 0 aliphatic rings.